The molecule has 0 aromatic carbocycles. The second-order valence-corrected chi connectivity index (χ2v) is 16.5. The minimum atomic E-state index is -4.40. The largest absolute Gasteiger partial charge is 0.472 e. The fraction of sp³-hybridized carbons (Fsp3) is 0.500. The Morgan fingerprint density at radius 1 is 0.688 bits per heavy atom. The smallest absolute Gasteiger partial charge is 0.386 e. The Morgan fingerprint density at radius 2 is 1.12 bits per heavy atom. The Labute approximate surface area is 278 Å². The highest BCUT2D eigenvalue weighted by Crippen LogP contribution is 2.60. The average molecular weight is 749 g/mol. The third-order valence-corrected chi connectivity index (χ3v) is 11.1. The van der Waals surface area contributed by atoms with Crippen molar-refractivity contribution >= 4 is 60.4 Å². The Hall–Kier alpha value is -2.78. The number of hydrogen-bond acceptors (Lipinski definition) is 16. The topological polar surface area (TPSA) is 195 Å². The van der Waals surface area contributed by atoms with E-state index in [-0.39, 0.29) is 47.3 Å². The molecule has 4 aromatic heterocycles. The van der Waals surface area contributed by atoms with Crippen LogP contribution in [0.3, 0.4) is 0 Å². The number of imidazole rings is 2. The number of hydrogen-bond donors (Lipinski definition) is 2. The second kappa shape index (κ2) is 12.5. The van der Waals surface area contributed by atoms with Gasteiger partial charge in [0.05, 0.1) is 25.9 Å². The van der Waals surface area contributed by atoms with Crippen molar-refractivity contribution in [2.24, 2.45) is 0 Å². The minimum absolute atomic E-state index is 0.0550. The predicted octanol–water partition coefficient (Wildman–Crippen LogP) is 3.36. The van der Waals surface area contributed by atoms with Gasteiger partial charge in [-0.1, -0.05) is 24.5 Å². The molecule has 10 atom stereocenters. The number of halogens is 2. The molecular weight excluding hydrogens is 724 g/mol. The van der Waals surface area contributed by atoms with Crippen LogP contribution >= 0.6 is 38.1 Å². The molecule has 0 saturated carbocycles. The van der Waals surface area contributed by atoms with E-state index in [0.29, 0.717) is 0 Å². The summed E-state index contributed by atoms with van der Waals surface area (Å²) in [4.78, 5) is 25.2. The maximum Gasteiger partial charge on any atom is 0.386 e. The van der Waals surface area contributed by atoms with Gasteiger partial charge in [-0.25, -0.2) is 37.8 Å². The van der Waals surface area contributed by atoms with E-state index in [2.05, 4.69) is 54.4 Å². The molecule has 4 aromatic rings. The molecule has 5 aliphatic rings. The van der Waals surface area contributed by atoms with Gasteiger partial charge in [-0.15, -0.1) is 0 Å². The van der Waals surface area contributed by atoms with Gasteiger partial charge in [0.2, 0.25) is 11.8 Å². The van der Waals surface area contributed by atoms with Crippen LogP contribution in [0.1, 0.15) is 12.5 Å². The lowest BCUT2D eigenvalue weighted by Crippen LogP contribution is -2.36. The Balaban J connectivity index is 1.21. The molecule has 0 N–H and O–H groups in total. The molecule has 14 bridgehead atoms. The van der Waals surface area contributed by atoms with Crippen molar-refractivity contribution in [2.75, 3.05) is 26.4 Å². The number of ether oxygens (including phenoxy) is 4. The van der Waals surface area contributed by atoms with E-state index >= 15 is 8.78 Å². The van der Waals surface area contributed by atoms with Crippen LogP contribution in [0, 0.1) is 0 Å². The van der Waals surface area contributed by atoms with Crippen molar-refractivity contribution in [1.82, 2.24) is 39.0 Å². The molecule has 18 nitrogen and oxygen atoms in total. The molecule has 3 fully saturated rings. The van der Waals surface area contributed by atoms with E-state index in [9.17, 15) is 9.13 Å². The molecule has 0 spiro atoms. The van der Waals surface area contributed by atoms with Crippen molar-refractivity contribution < 1.29 is 55.0 Å². The van der Waals surface area contributed by atoms with Gasteiger partial charge in [0, 0.05) is 0 Å². The van der Waals surface area contributed by atoms with Gasteiger partial charge < -0.3 is 18.9 Å². The van der Waals surface area contributed by atoms with E-state index in [4.69, 9.17) is 37.0 Å². The quantitative estimate of drug-likeness (QED) is 0.151. The first-order valence-electron chi connectivity index (χ1n) is 14.2. The molecule has 5 aliphatic heterocycles. The number of alkyl halides is 2. The highest BCUT2D eigenvalue weighted by molar-refractivity contribution is 8.44. The number of nitrogens with zero attached hydrogens (tertiary/aromatic N) is 8. The molecule has 9 rings (SSSR count). The third-order valence-electron chi connectivity index (χ3n) is 7.85. The summed E-state index contributed by atoms with van der Waals surface area (Å²) in [5.41, 5.74) is 0.664. The van der Waals surface area contributed by atoms with E-state index in [0.717, 1.165) is 0 Å². The molecule has 0 radical (unpaired) electrons. The van der Waals surface area contributed by atoms with Crippen LogP contribution in [0.15, 0.2) is 37.5 Å². The molecule has 0 aliphatic carbocycles. The van der Waals surface area contributed by atoms with Gasteiger partial charge in [0.15, 0.2) is 47.1 Å². The highest BCUT2D eigenvalue weighted by Gasteiger charge is 2.54. The number of aromatic nitrogens is 8. The molecule has 1 unspecified atom stereocenters. The van der Waals surface area contributed by atoms with E-state index < -0.39 is 76.0 Å². The summed E-state index contributed by atoms with van der Waals surface area (Å²) in [7, 11) is 0. The summed E-state index contributed by atoms with van der Waals surface area (Å²) in [5, 5.41) is 0. The first kappa shape index (κ1) is 32.4. The summed E-state index contributed by atoms with van der Waals surface area (Å²) in [5.74, 6) is 0.202. The summed E-state index contributed by atoms with van der Waals surface area (Å²) in [6.07, 6.45) is -4.72. The lowest BCUT2D eigenvalue weighted by atomic mass is 10.1. The van der Waals surface area contributed by atoms with Gasteiger partial charge in [-0.2, -0.15) is 9.97 Å². The van der Waals surface area contributed by atoms with Gasteiger partial charge in [0.25, 0.3) is 0 Å². The zero-order valence-electron chi connectivity index (χ0n) is 24.1. The van der Waals surface area contributed by atoms with Crippen molar-refractivity contribution in [3.8, 4) is 11.8 Å². The number of fused-ring (bicyclic) bond motifs is 10. The van der Waals surface area contributed by atoms with Crippen molar-refractivity contribution in [3.05, 3.63) is 37.5 Å². The lowest BCUT2D eigenvalue weighted by Gasteiger charge is -2.28. The fourth-order valence-corrected chi connectivity index (χ4v) is 8.66. The van der Waals surface area contributed by atoms with E-state index in [1.807, 2.05) is 0 Å². The summed E-state index contributed by atoms with van der Waals surface area (Å²) in [6.45, 7) is -9.99. The van der Waals surface area contributed by atoms with Gasteiger partial charge in [0.1, 0.15) is 50.3 Å². The Bertz CT molecular complexity index is 1860. The SMILES string of the molecule is O=[P@@]1(S)OC[C@H]2O[C@@H]3[C@H](F)[C@@H]2O[P@](=O)(S)OC[C@H]2OC([C@H](F)[C@@H]2O1)n1cnc2c(ncnc21)OC/C=C/COc1ncnc2c1ncn23. The van der Waals surface area contributed by atoms with Crippen LogP contribution < -0.4 is 9.47 Å². The first-order chi connectivity index (χ1) is 23.1. The molecule has 9 heterocycles. The van der Waals surface area contributed by atoms with Gasteiger partial charge in [-0.3, -0.25) is 27.2 Å². The van der Waals surface area contributed by atoms with Gasteiger partial charge in [-0.05, 0) is 12.2 Å². The zero-order chi connectivity index (χ0) is 33.2. The van der Waals surface area contributed by atoms with E-state index in [1.54, 1.807) is 12.2 Å². The maximum absolute atomic E-state index is 16.2. The van der Waals surface area contributed by atoms with Crippen LogP contribution in [0.25, 0.3) is 22.3 Å². The highest BCUT2D eigenvalue weighted by atomic mass is 32.7. The molecule has 0 amide bonds. The summed E-state index contributed by atoms with van der Waals surface area (Å²) >= 11 is 8.07. The average Bonchev–Trinajstić information content (AvgIpc) is 3.81. The summed E-state index contributed by atoms with van der Waals surface area (Å²) in [6, 6.07) is 0. The van der Waals surface area contributed by atoms with Crippen LogP contribution in [0.4, 0.5) is 8.78 Å². The Kier molecular flexibility index (Phi) is 8.46. The van der Waals surface area contributed by atoms with E-state index in [1.165, 1.54) is 34.4 Å². The monoisotopic (exact) mass is 748 g/mol. The Morgan fingerprint density at radius 3 is 1.56 bits per heavy atom. The van der Waals surface area contributed by atoms with Crippen LogP contribution in [-0.4, -0.2) is 102 Å². The molecule has 24 heteroatoms. The third kappa shape index (κ3) is 5.91. The van der Waals surface area contributed by atoms with Crippen molar-refractivity contribution in [3.63, 3.8) is 0 Å². The molecule has 256 valence electrons. The van der Waals surface area contributed by atoms with Crippen LogP contribution in [0.2, 0.25) is 0 Å². The number of thiol groups is 2. The molecule has 3 saturated heterocycles. The predicted molar refractivity (Wildman–Crippen MR) is 163 cm³/mol. The van der Waals surface area contributed by atoms with Crippen LogP contribution in [0.5, 0.6) is 11.8 Å². The summed E-state index contributed by atoms with van der Waals surface area (Å²) < 4.78 is 107. The normalized spacial score (nSPS) is 38.0. The van der Waals surface area contributed by atoms with Gasteiger partial charge >= 0.3 is 13.6 Å². The second-order valence-electron chi connectivity index (χ2n) is 10.8. The van der Waals surface area contributed by atoms with Crippen molar-refractivity contribution in [2.45, 2.75) is 49.2 Å². The standard InChI is InChI=1S/C24H24F2N8O10P2S2/c25-13-17-11-5-39-46(36,48)44-18-12(6-40-45(35,47)43-17)42-24(14(18)26)34-10-32-16-20(34)28-8-30-22(16)38-4-2-1-3-37-21-15-19(27-7-29-21)33(9-31-15)23(13)41-11/h1-2,7-14,17-18,23-24H,3-6H2,(H,35,47)(H,36,48)/b2-1+/t11-,12-,13-,14-,17-,18-,23-,24?,45-,46-/m1/s1. The molecular formula is C24H24F2N8O10P2S2. The maximum atomic E-state index is 16.2. The zero-order valence-corrected chi connectivity index (χ0v) is 27.7. The molecule has 48 heavy (non-hydrogen) atoms. The number of rotatable bonds is 0. The first-order valence-corrected chi connectivity index (χ1v) is 19.6. The van der Waals surface area contributed by atoms with Crippen molar-refractivity contribution in [1.29, 1.82) is 0 Å². The van der Waals surface area contributed by atoms with Crippen LogP contribution in [-0.2, 0) is 36.7 Å². The fourth-order valence-electron chi connectivity index (χ4n) is 5.69. The lowest BCUT2D eigenvalue weighted by molar-refractivity contribution is -0.0544. The minimum Gasteiger partial charge on any atom is -0.472 e.